The van der Waals surface area contributed by atoms with E-state index >= 15 is 0 Å². The molecule has 110 valence electrons. The van der Waals surface area contributed by atoms with Crippen molar-refractivity contribution < 1.29 is 14.3 Å². The van der Waals surface area contributed by atoms with Crippen LogP contribution in [0.4, 0.5) is 5.69 Å². The number of methoxy groups -OCH3 is 1. The van der Waals surface area contributed by atoms with E-state index < -0.39 is 0 Å². The highest BCUT2D eigenvalue weighted by atomic mass is 127. The van der Waals surface area contributed by atoms with Gasteiger partial charge in [0, 0.05) is 16.4 Å². The Morgan fingerprint density at radius 3 is 2.52 bits per heavy atom. The maximum Gasteiger partial charge on any atom is 0.259 e. The molecule has 0 saturated heterocycles. The van der Waals surface area contributed by atoms with E-state index in [1.807, 2.05) is 36.4 Å². The van der Waals surface area contributed by atoms with Gasteiger partial charge in [-0.05, 0) is 59.0 Å². The Morgan fingerprint density at radius 2 is 1.81 bits per heavy atom. The van der Waals surface area contributed by atoms with Crippen LogP contribution in [0.2, 0.25) is 0 Å². The van der Waals surface area contributed by atoms with Gasteiger partial charge in [0.15, 0.2) is 0 Å². The fraction of sp³-hybridized carbons (Fsp3) is 0.188. The number of carbonyl (C=O) groups excluding carboxylic acids is 1. The zero-order chi connectivity index (χ0) is 15.1. The summed E-state index contributed by atoms with van der Waals surface area (Å²) in [5.74, 6) is 0.363. The van der Waals surface area contributed by atoms with Crippen LogP contribution in [-0.2, 0) is 4.74 Å². The van der Waals surface area contributed by atoms with Crippen molar-refractivity contribution in [1.29, 1.82) is 0 Å². The molecule has 0 aliphatic rings. The number of ether oxygens (including phenoxy) is 2. The predicted octanol–water partition coefficient (Wildman–Crippen LogP) is 3.57. The fourth-order valence-corrected chi connectivity index (χ4v) is 2.11. The van der Waals surface area contributed by atoms with E-state index in [-0.39, 0.29) is 5.91 Å². The molecule has 0 heterocycles. The van der Waals surface area contributed by atoms with Gasteiger partial charge in [0.25, 0.3) is 5.91 Å². The molecule has 21 heavy (non-hydrogen) atoms. The fourth-order valence-electron chi connectivity index (χ4n) is 1.75. The summed E-state index contributed by atoms with van der Waals surface area (Å²) in [4.78, 5) is 12.3. The molecule has 0 bridgehead atoms. The molecule has 2 rings (SSSR count). The van der Waals surface area contributed by atoms with Crippen LogP contribution in [0.3, 0.4) is 0 Å². The number of hydrogen-bond acceptors (Lipinski definition) is 3. The van der Waals surface area contributed by atoms with Crippen LogP contribution in [0.25, 0.3) is 0 Å². The maximum atomic E-state index is 12.3. The lowest BCUT2D eigenvalue weighted by atomic mass is 10.2. The van der Waals surface area contributed by atoms with Crippen LogP contribution in [0.1, 0.15) is 10.4 Å². The standard InChI is InChI=1S/C16H16INO3/c1-20-10-11-21-15-5-3-2-4-14(15)16(19)18-13-8-6-12(17)7-9-13/h2-9H,10-11H2,1H3,(H,18,19). The van der Waals surface area contributed by atoms with Gasteiger partial charge in [-0.2, -0.15) is 0 Å². The topological polar surface area (TPSA) is 47.6 Å². The first kappa shape index (κ1) is 15.8. The Hall–Kier alpha value is -1.60. The molecule has 4 nitrogen and oxygen atoms in total. The normalized spacial score (nSPS) is 10.2. The van der Waals surface area contributed by atoms with Gasteiger partial charge in [-0.25, -0.2) is 0 Å². The molecule has 5 heteroatoms. The molecular formula is C16H16INO3. The van der Waals surface area contributed by atoms with Crippen molar-refractivity contribution in [3.05, 3.63) is 57.7 Å². The van der Waals surface area contributed by atoms with Gasteiger partial charge in [0.1, 0.15) is 12.4 Å². The lowest BCUT2D eigenvalue weighted by Crippen LogP contribution is -2.14. The van der Waals surface area contributed by atoms with Gasteiger partial charge in [-0.1, -0.05) is 12.1 Å². The Bertz CT molecular complexity index is 599. The summed E-state index contributed by atoms with van der Waals surface area (Å²) < 4.78 is 11.6. The zero-order valence-electron chi connectivity index (χ0n) is 11.6. The summed E-state index contributed by atoms with van der Waals surface area (Å²) in [5, 5.41) is 2.86. The third-order valence-electron chi connectivity index (χ3n) is 2.78. The van der Waals surface area contributed by atoms with Crippen LogP contribution in [0.15, 0.2) is 48.5 Å². The highest BCUT2D eigenvalue weighted by Crippen LogP contribution is 2.20. The van der Waals surface area contributed by atoms with Gasteiger partial charge in [0.05, 0.1) is 12.2 Å². The molecular weight excluding hydrogens is 381 g/mol. The monoisotopic (exact) mass is 397 g/mol. The summed E-state index contributed by atoms with van der Waals surface area (Å²) in [6.07, 6.45) is 0. The van der Waals surface area contributed by atoms with Crippen molar-refractivity contribution in [2.45, 2.75) is 0 Å². The SMILES string of the molecule is COCCOc1ccccc1C(=O)Nc1ccc(I)cc1. The summed E-state index contributed by atoms with van der Waals surface area (Å²) >= 11 is 2.22. The number of para-hydroxylation sites is 1. The van der Waals surface area contributed by atoms with E-state index in [1.165, 1.54) is 0 Å². The van der Waals surface area contributed by atoms with Gasteiger partial charge in [-0.3, -0.25) is 4.79 Å². The van der Waals surface area contributed by atoms with Crippen LogP contribution in [0.5, 0.6) is 5.75 Å². The van der Waals surface area contributed by atoms with Gasteiger partial charge < -0.3 is 14.8 Å². The molecule has 1 N–H and O–H groups in total. The van der Waals surface area contributed by atoms with Crippen molar-refractivity contribution in [3.63, 3.8) is 0 Å². The minimum atomic E-state index is -0.191. The second-order valence-corrected chi connectivity index (χ2v) is 5.54. The smallest absolute Gasteiger partial charge is 0.259 e. The molecule has 0 aliphatic heterocycles. The number of hydrogen-bond donors (Lipinski definition) is 1. The number of anilines is 1. The highest BCUT2D eigenvalue weighted by Gasteiger charge is 2.12. The Morgan fingerprint density at radius 1 is 1.10 bits per heavy atom. The molecule has 0 unspecified atom stereocenters. The Kier molecular flexibility index (Phi) is 6.01. The number of amides is 1. The third kappa shape index (κ3) is 4.71. The van der Waals surface area contributed by atoms with E-state index in [9.17, 15) is 4.79 Å². The third-order valence-corrected chi connectivity index (χ3v) is 3.50. The van der Waals surface area contributed by atoms with Crippen LogP contribution in [-0.4, -0.2) is 26.2 Å². The molecule has 0 aliphatic carbocycles. The van der Waals surface area contributed by atoms with Gasteiger partial charge >= 0.3 is 0 Å². The average molecular weight is 397 g/mol. The highest BCUT2D eigenvalue weighted by molar-refractivity contribution is 14.1. The maximum absolute atomic E-state index is 12.3. The van der Waals surface area contributed by atoms with Crippen LogP contribution >= 0.6 is 22.6 Å². The Labute approximate surface area is 137 Å². The lowest BCUT2D eigenvalue weighted by molar-refractivity contribution is 0.101. The van der Waals surface area contributed by atoms with E-state index in [2.05, 4.69) is 27.9 Å². The van der Waals surface area contributed by atoms with E-state index in [4.69, 9.17) is 9.47 Å². The average Bonchev–Trinajstić information content (AvgIpc) is 2.50. The minimum Gasteiger partial charge on any atom is -0.490 e. The van der Waals surface area contributed by atoms with Crippen molar-refractivity contribution in [3.8, 4) is 5.75 Å². The first-order chi connectivity index (χ1) is 10.2. The second kappa shape index (κ2) is 7.99. The molecule has 2 aromatic rings. The molecule has 1 amide bonds. The van der Waals surface area contributed by atoms with Crippen molar-refractivity contribution in [1.82, 2.24) is 0 Å². The molecule has 0 aromatic heterocycles. The molecule has 0 atom stereocenters. The summed E-state index contributed by atoms with van der Waals surface area (Å²) in [5.41, 5.74) is 1.26. The van der Waals surface area contributed by atoms with E-state index in [0.29, 0.717) is 24.5 Å². The van der Waals surface area contributed by atoms with Crippen molar-refractivity contribution in [2.24, 2.45) is 0 Å². The largest absolute Gasteiger partial charge is 0.490 e. The number of carbonyl (C=O) groups is 1. The van der Waals surface area contributed by atoms with Crippen LogP contribution < -0.4 is 10.1 Å². The van der Waals surface area contributed by atoms with E-state index in [1.54, 1.807) is 19.2 Å². The molecule has 0 saturated carbocycles. The van der Waals surface area contributed by atoms with Crippen LogP contribution in [0, 0.1) is 3.57 Å². The van der Waals surface area contributed by atoms with Crippen molar-refractivity contribution in [2.75, 3.05) is 25.6 Å². The van der Waals surface area contributed by atoms with Crippen molar-refractivity contribution >= 4 is 34.2 Å². The molecule has 0 spiro atoms. The van der Waals surface area contributed by atoms with Gasteiger partial charge in [-0.15, -0.1) is 0 Å². The molecule has 0 fully saturated rings. The summed E-state index contributed by atoms with van der Waals surface area (Å²) in [6, 6.07) is 14.8. The lowest BCUT2D eigenvalue weighted by Gasteiger charge is -2.11. The number of rotatable bonds is 6. The summed E-state index contributed by atoms with van der Waals surface area (Å²) in [6.45, 7) is 0.886. The first-order valence-corrected chi connectivity index (χ1v) is 7.56. The van der Waals surface area contributed by atoms with Gasteiger partial charge in [0.2, 0.25) is 0 Å². The molecule has 0 radical (unpaired) electrons. The number of halogens is 1. The number of nitrogens with one attached hydrogen (secondary N) is 1. The Balaban J connectivity index is 2.09. The predicted molar refractivity (Wildman–Crippen MR) is 90.9 cm³/mol. The zero-order valence-corrected chi connectivity index (χ0v) is 13.8. The first-order valence-electron chi connectivity index (χ1n) is 6.48. The minimum absolute atomic E-state index is 0.191. The quantitative estimate of drug-likeness (QED) is 0.599. The second-order valence-electron chi connectivity index (χ2n) is 4.30. The van der Waals surface area contributed by atoms with E-state index in [0.717, 1.165) is 9.26 Å². The number of benzene rings is 2. The summed E-state index contributed by atoms with van der Waals surface area (Å²) in [7, 11) is 1.61. The molecule has 2 aromatic carbocycles.